The van der Waals surface area contributed by atoms with Crippen molar-refractivity contribution in [2.75, 3.05) is 12.4 Å². The zero-order valence-electron chi connectivity index (χ0n) is 16.9. The second kappa shape index (κ2) is 8.56. The van der Waals surface area contributed by atoms with Crippen molar-refractivity contribution in [2.24, 2.45) is 0 Å². The molecule has 4 aromatic carbocycles. The molecule has 1 atom stereocenters. The van der Waals surface area contributed by atoms with Gasteiger partial charge in [-0.25, -0.2) is 0 Å². The molecule has 156 valence electrons. The number of alkyl halides is 2. The lowest BCUT2D eigenvalue weighted by Crippen LogP contribution is -2.40. The van der Waals surface area contributed by atoms with E-state index in [0.29, 0.717) is 11.4 Å². The molecule has 0 radical (unpaired) electrons. The Kier molecular flexibility index (Phi) is 5.67. The summed E-state index contributed by atoms with van der Waals surface area (Å²) in [5.74, 6) is -4.39. The summed E-state index contributed by atoms with van der Waals surface area (Å²) < 4.78 is 36.5. The highest BCUT2D eigenvalue weighted by molar-refractivity contribution is 6.04. The van der Waals surface area contributed by atoms with Crippen molar-refractivity contribution in [3.8, 4) is 5.75 Å². The number of ketones is 1. The van der Waals surface area contributed by atoms with Crippen LogP contribution in [0.1, 0.15) is 22.0 Å². The summed E-state index contributed by atoms with van der Waals surface area (Å²) in [5.41, 5.74) is 0.746. The van der Waals surface area contributed by atoms with Crippen LogP contribution in [-0.4, -0.2) is 18.8 Å². The number of para-hydroxylation sites is 1. The predicted octanol–water partition coefficient (Wildman–Crippen LogP) is 6.52. The summed E-state index contributed by atoms with van der Waals surface area (Å²) in [6.07, 6.45) is 0. The molecule has 0 spiro atoms. The average Bonchev–Trinajstić information content (AvgIpc) is 2.82. The third kappa shape index (κ3) is 4.26. The molecule has 1 N–H and O–H groups in total. The van der Waals surface area contributed by atoms with Crippen LogP contribution in [-0.2, 0) is 0 Å². The summed E-state index contributed by atoms with van der Waals surface area (Å²) in [7, 11) is 1.51. The molecule has 31 heavy (non-hydrogen) atoms. The summed E-state index contributed by atoms with van der Waals surface area (Å²) in [6.45, 7) is 0. The van der Waals surface area contributed by atoms with Crippen LogP contribution >= 0.6 is 0 Å². The van der Waals surface area contributed by atoms with E-state index in [1.165, 1.54) is 19.2 Å². The quantitative estimate of drug-likeness (QED) is 0.348. The van der Waals surface area contributed by atoms with E-state index in [2.05, 4.69) is 5.32 Å². The minimum Gasteiger partial charge on any atom is -0.497 e. The van der Waals surface area contributed by atoms with Crippen LogP contribution in [0.2, 0.25) is 0 Å². The minimum atomic E-state index is -3.70. The molecule has 0 aliphatic carbocycles. The number of ether oxygens (including phenoxy) is 1. The number of fused-ring (bicyclic) bond motifs is 1. The third-order valence-electron chi connectivity index (χ3n) is 5.21. The molecule has 0 saturated heterocycles. The number of methoxy groups -OCH3 is 1. The Labute approximate surface area is 179 Å². The van der Waals surface area contributed by atoms with Gasteiger partial charge in [-0.3, -0.25) is 4.79 Å². The number of carbonyl (C=O) groups is 1. The van der Waals surface area contributed by atoms with Gasteiger partial charge in [0.05, 0.1) is 7.11 Å². The van der Waals surface area contributed by atoms with Crippen LogP contribution in [0.25, 0.3) is 10.8 Å². The number of hydrogen-bond acceptors (Lipinski definition) is 3. The van der Waals surface area contributed by atoms with Gasteiger partial charge in [0.2, 0.25) is 5.78 Å². The number of carbonyl (C=O) groups excluding carboxylic acids is 1. The molecule has 0 amide bonds. The van der Waals surface area contributed by atoms with E-state index in [1.54, 1.807) is 66.7 Å². The lowest BCUT2D eigenvalue weighted by molar-refractivity contribution is -0.00268. The maximum absolute atomic E-state index is 15.7. The SMILES string of the molecule is COc1ccc([C@@H](Nc2ccccc2)C(F)(F)C(=O)c2ccc3ccccc3c2)cc1. The Morgan fingerprint density at radius 1 is 0.839 bits per heavy atom. The first-order valence-corrected chi connectivity index (χ1v) is 9.86. The number of benzene rings is 4. The van der Waals surface area contributed by atoms with E-state index < -0.39 is 17.7 Å². The normalized spacial score (nSPS) is 12.4. The van der Waals surface area contributed by atoms with Crippen molar-refractivity contribution in [3.05, 3.63) is 108 Å². The number of nitrogens with one attached hydrogen (secondary N) is 1. The largest absolute Gasteiger partial charge is 0.497 e. The summed E-state index contributed by atoms with van der Waals surface area (Å²) in [4.78, 5) is 13.0. The average molecular weight is 417 g/mol. The number of rotatable bonds is 7. The molecule has 0 bridgehead atoms. The van der Waals surface area contributed by atoms with Crippen LogP contribution < -0.4 is 10.1 Å². The van der Waals surface area contributed by atoms with Gasteiger partial charge < -0.3 is 10.1 Å². The summed E-state index contributed by atoms with van der Waals surface area (Å²) >= 11 is 0. The Balaban J connectivity index is 1.74. The first-order chi connectivity index (χ1) is 15.0. The van der Waals surface area contributed by atoms with Crippen molar-refractivity contribution < 1.29 is 18.3 Å². The Morgan fingerprint density at radius 2 is 1.48 bits per heavy atom. The first-order valence-electron chi connectivity index (χ1n) is 9.86. The lowest BCUT2D eigenvalue weighted by atomic mass is 9.92. The molecule has 0 heterocycles. The smallest absolute Gasteiger partial charge is 0.333 e. The fourth-order valence-corrected chi connectivity index (χ4v) is 3.53. The van der Waals surface area contributed by atoms with E-state index in [0.717, 1.165) is 10.8 Å². The van der Waals surface area contributed by atoms with Gasteiger partial charge in [0.15, 0.2) is 0 Å². The highest BCUT2D eigenvalue weighted by atomic mass is 19.3. The summed E-state index contributed by atoms with van der Waals surface area (Å²) in [5, 5.41) is 4.47. The fraction of sp³-hybridized carbons (Fsp3) is 0.115. The maximum Gasteiger partial charge on any atom is 0.333 e. The molecular formula is C26H21F2NO2. The molecule has 0 aromatic heterocycles. The molecule has 4 rings (SSSR count). The van der Waals surface area contributed by atoms with Crippen LogP contribution in [0, 0.1) is 0 Å². The zero-order valence-corrected chi connectivity index (χ0v) is 16.9. The summed E-state index contributed by atoms with van der Waals surface area (Å²) in [6, 6.07) is 25.4. The van der Waals surface area contributed by atoms with Crippen molar-refractivity contribution in [1.29, 1.82) is 0 Å². The molecule has 0 aliphatic heterocycles. The van der Waals surface area contributed by atoms with Gasteiger partial charge in [0.25, 0.3) is 0 Å². The number of hydrogen-bond donors (Lipinski definition) is 1. The number of halogens is 2. The first kappa shape index (κ1) is 20.5. The monoisotopic (exact) mass is 417 g/mol. The van der Waals surface area contributed by atoms with Gasteiger partial charge in [-0.05, 0) is 46.7 Å². The standard InChI is InChI=1S/C26H21F2NO2/c1-31-23-15-13-19(14-16-23)24(29-22-9-3-2-4-10-22)26(27,28)25(30)21-12-11-18-7-5-6-8-20(18)17-21/h2-17,24,29H,1H3/t24-/m1/s1. The molecule has 3 nitrogen and oxygen atoms in total. The fourth-order valence-electron chi connectivity index (χ4n) is 3.53. The van der Waals surface area contributed by atoms with Crippen molar-refractivity contribution in [1.82, 2.24) is 0 Å². The van der Waals surface area contributed by atoms with Gasteiger partial charge in [-0.2, -0.15) is 8.78 Å². The Morgan fingerprint density at radius 3 is 2.16 bits per heavy atom. The maximum atomic E-state index is 15.7. The number of Topliss-reactive ketones (excluding diaryl/α,β-unsaturated/α-hetero) is 1. The third-order valence-corrected chi connectivity index (χ3v) is 5.21. The van der Waals surface area contributed by atoms with E-state index in [1.807, 2.05) is 18.2 Å². The van der Waals surface area contributed by atoms with Crippen molar-refractivity contribution >= 4 is 22.2 Å². The molecular weight excluding hydrogens is 396 g/mol. The van der Waals surface area contributed by atoms with Crippen molar-refractivity contribution in [3.63, 3.8) is 0 Å². The lowest BCUT2D eigenvalue weighted by Gasteiger charge is -2.28. The van der Waals surface area contributed by atoms with E-state index in [9.17, 15) is 4.79 Å². The van der Waals surface area contributed by atoms with Crippen molar-refractivity contribution in [2.45, 2.75) is 12.0 Å². The second-order valence-electron chi connectivity index (χ2n) is 7.23. The Hall–Kier alpha value is -3.73. The molecule has 4 aromatic rings. The predicted molar refractivity (Wildman–Crippen MR) is 119 cm³/mol. The van der Waals surface area contributed by atoms with E-state index in [-0.39, 0.29) is 11.1 Å². The molecule has 0 fully saturated rings. The van der Waals surface area contributed by atoms with Gasteiger partial charge in [0, 0.05) is 11.3 Å². The highest BCUT2D eigenvalue weighted by Crippen LogP contribution is 2.38. The molecule has 0 saturated carbocycles. The minimum absolute atomic E-state index is 0.0305. The van der Waals surface area contributed by atoms with Gasteiger partial charge >= 0.3 is 5.92 Å². The van der Waals surface area contributed by atoms with Gasteiger partial charge in [0.1, 0.15) is 11.8 Å². The zero-order chi connectivity index (χ0) is 21.8. The van der Waals surface area contributed by atoms with Crippen LogP contribution in [0.4, 0.5) is 14.5 Å². The van der Waals surface area contributed by atoms with E-state index >= 15 is 8.78 Å². The topological polar surface area (TPSA) is 38.3 Å². The molecule has 0 unspecified atom stereocenters. The second-order valence-corrected chi connectivity index (χ2v) is 7.23. The highest BCUT2D eigenvalue weighted by Gasteiger charge is 2.48. The van der Waals surface area contributed by atoms with Crippen LogP contribution in [0.15, 0.2) is 97.1 Å². The Bertz CT molecular complexity index is 1190. The van der Waals surface area contributed by atoms with Crippen LogP contribution in [0.3, 0.4) is 0 Å². The van der Waals surface area contributed by atoms with Crippen LogP contribution in [0.5, 0.6) is 5.75 Å². The molecule has 5 heteroatoms. The van der Waals surface area contributed by atoms with Gasteiger partial charge in [-0.1, -0.05) is 66.7 Å². The van der Waals surface area contributed by atoms with E-state index in [4.69, 9.17) is 4.74 Å². The molecule has 0 aliphatic rings. The number of anilines is 1. The van der Waals surface area contributed by atoms with Gasteiger partial charge in [-0.15, -0.1) is 0 Å².